The van der Waals surface area contributed by atoms with E-state index in [1.54, 1.807) is 0 Å². The third kappa shape index (κ3) is 3.13. The third-order valence-electron chi connectivity index (χ3n) is 5.16. The number of nitrogens with zero attached hydrogens (tertiary/aromatic N) is 1. The Hall–Kier alpha value is -0.160. The Labute approximate surface area is 116 Å². The van der Waals surface area contributed by atoms with E-state index in [0.29, 0.717) is 18.7 Å². The van der Waals surface area contributed by atoms with Crippen LogP contribution in [-0.4, -0.2) is 55.5 Å². The Kier molecular flexibility index (Phi) is 4.42. The van der Waals surface area contributed by atoms with E-state index < -0.39 is 0 Å². The first-order valence-electron chi connectivity index (χ1n) is 8.01. The summed E-state index contributed by atoms with van der Waals surface area (Å²) in [6, 6.07) is 0.389. The van der Waals surface area contributed by atoms with Gasteiger partial charge in [-0.3, -0.25) is 4.90 Å². The van der Waals surface area contributed by atoms with Gasteiger partial charge in [-0.05, 0) is 25.7 Å². The average molecular weight is 268 g/mol. The highest BCUT2D eigenvalue weighted by molar-refractivity contribution is 4.92. The lowest BCUT2D eigenvalue weighted by Crippen LogP contribution is -2.51. The normalized spacial score (nSPS) is 35.8. The number of ether oxygens (including phenoxy) is 2. The number of morpholine rings is 1. The molecule has 0 bridgehead atoms. The number of hydrogen-bond donors (Lipinski definition) is 1. The number of hydrogen-bond acceptors (Lipinski definition) is 4. The van der Waals surface area contributed by atoms with Crippen LogP contribution in [0.4, 0.5) is 0 Å². The van der Waals surface area contributed by atoms with E-state index in [4.69, 9.17) is 15.2 Å². The van der Waals surface area contributed by atoms with Gasteiger partial charge in [0, 0.05) is 25.7 Å². The van der Waals surface area contributed by atoms with Crippen molar-refractivity contribution in [3.05, 3.63) is 0 Å². The highest BCUT2D eigenvalue weighted by Crippen LogP contribution is 2.42. The molecule has 2 saturated heterocycles. The highest BCUT2D eigenvalue weighted by atomic mass is 16.5. The molecule has 4 heteroatoms. The van der Waals surface area contributed by atoms with Crippen LogP contribution in [0.2, 0.25) is 0 Å². The molecule has 3 rings (SSSR count). The fraction of sp³-hybridized carbons (Fsp3) is 1.00. The molecule has 1 aliphatic carbocycles. The molecule has 1 saturated carbocycles. The maximum atomic E-state index is 6.46. The summed E-state index contributed by atoms with van der Waals surface area (Å²) >= 11 is 0. The standard InChI is InChI=1S/C15H28N2O2/c16-10-13-12-18-9-8-17(13)11-14-4-7-15(19-14)5-2-1-3-6-15/h13-14H,1-12,16H2. The van der Waals surface area contributed by atoms with E-state index in [1.165, 1.54) is 44.9 Å². The molecule has 1 spiro atoms. The van der Waals surface area contributed by atoms with Crippen molar-refractivity contribution in [1.82, 2.24) is 4.90 Å². The molecule has 2 heterocycles. The van der Waals surface area contributed by atoms with Crippen LogP contribution in [0.15, 0.2) is 0 Å². The molecule has 110 valence electrons. The average Bonchev–Trinajstić information content (AvgIpc) is 2.83. The van der Waals surface area contributed by atoms with E-state index in [-0.39, 0.29) is 5.60 Å². The van der Waals surface area contributed by atoms with Gasteiger partial charge in [-0.2, -0.15) is 0 Å². The fourth-order valence-electron chi connectivity index (χ4n) is 4.00. The summed E-state index contributed by atoms with van der Waals surface area (Å²) in [4.78, 5) is 2.48. The van der Waals surface area contributed by atoms with Gasteiger partial charge in [0.05, 0.1) is 24.9 Å². The van der Waals surface area contributed by atoms with Crippen LogP contribution in [0.3, 0.4) is 0 Å². The van der Waals surface area contributed by atoms with Crippen LogP contribution in [-0.2, 0) is 9.47 Å². The SMILES string of the molecule is NCC1COCCN1CC1CCC2(CCCCC2)O1. The van der Waals surface area contributed by atoms with Gasteiger partial charge in [-0.15, -0.1) is 0 Å². The van der Waals surface area contributed by atoms with Crippen molar-refractivity contribution in [2.75, 3.05) is 32.8 Å². The Balaban J connectivity index is 1.53. The molecular weight excluding hydrogens is 240 g/mol. The lowest BCUT2D eigenvalue weighted by molar-refractivity contribution is -0.0866. The second kappa shape index (κ2) is 6.08. The Morgan fingerprint density at radius 2 is 2.00 bits per heavy atom. The van der Waals surface area contributed by atoms with Crippen molar-refractivity contribution < 1.29 is 9.47 Å². The summed E-state index contributed by atoms with van der Waals surface area (Å²) in [6.45, 7) is 4.38. The zero-order valence-electron chi connectivity index (χ0n) is 12.0. The van der Waals surface area contributed by atoms with Gasteiger partial charge in [-0.1, -0.05) is 19.3 Å². The largest absolute Gasteiger partial charge is 0.378 e. The van der Waals surface area contributed by atoms with Crippen molar-refractivity contribution >= 4 is 0 Å². The summed E-state index contributed by atoms with van der Waals surface area (Å²) in [5.41, 5.74) is 6.09. The predicted octanol–water partition coefficient (Wildman–Crippen LogP) is 1.53. The Morgan fingerprint density at radius 1 is 1.16 bits per heavy atom. The fourth-order valence-corrected chi connectivity index (χ4v) is 4.00. The Bertz CT molecular complexity index is 292. The van der Waals surface area contributed by atoms with Crippen LogP contribution in [0.5, 0.6) is 0 Å². The smallest absolute Gasteiger partial charge is 0.0710 e. The molecule has 0 amide bonds. The molecule has 2 unspecified atom stereocenters. The first kappa shape index (κ1) is 13.8. The molecule has 0 aromatic carbocycles. The second-order valence-electron chi connectivity index (χ2n) is 6.48. The summed E-state index contributed by atoms with van der Waals surface area (Å²) < 4.78 is 12.0. The molecule has 2 N–H and O–H groups in total. The molecule has 4 nitrogen and oxygen atoms in total. The number of nitrogens with two attached hydrogens (primary N) is 1. The molecule has 0 aromatic heterocycles. The van der Waals surface area contributed by atoms with Gasteiger partial charge in [-0.25, -0.2) is 0 Å². The lowest BCUT2D eigenvalue weighted by Gasteiger charge is -2.38. The van der Waals surface area contributed by atoms with Crippen molar-refractivity contribution in [3.63, 3.8) is 0 Å². The minimum Gasteiger partial charge on any atom is -0.378 e. The van der Waals surface area contributed by atoms with Crippen LogP contribution in [0.25, 0.3) is 0 Å². The predicted molar refractivity (Wildman–Crippen MR) is 75.2 cm³/mol. The minimum absolute atomic E-state index is 0.243. The summed E-state index contributed by atoms with van der Waals surface area (Å²) in [6.07, 6.45) is 9.61. The van der Waals surface area contributed by atoms with Crippen molar-refractivity contribution in [1.29, 1.82) is 0 Å². The van der Waals surface area contributed by atoms with Crippen molar-refractivity contribution in [3.8, 4) is 0 Å². The van der Waals surface area contributed by atoms with E-state index in [0.717, 1.165) is 26.3 Å². The van der Waals surface area contributed by atoms with Crippen molar-refractivity contribution in [2.24, 2.45) is 5.73 Å². The van der Waals surface area contributed by atoms with Gasteiger partial charge in [0.1, 0.15) is 0 Å². The lowest BCUT2D eigenvalue weighted by atomic mass is 9.83. The van der Waals surface area contributed by atoms with Crippen LogP contribution in [0, 0.1) is 0 Å². The van der Waals surface area contributed by atoms with Crippen molar-refractivity contribution in [2.45, 2.75) is 62.7 Å². The molecule has 3 fully saturated rings. The van der Waals surface area contributed by atoms with E-state index >= 15 is 0 Å². The van der Waals surface area contributed by atoms with Gasteiger partial charge in [0.15, 0.2) is 0 Å². The summed E-state index contributed by atoms with van der Waals surface area (Å²) in [7, 11) is 0. The number of rotatable bonds is 3. The van der Waals surface area contributed by atoms with E-state index in [2.05, 4.69) is 4.90 Å². The maximum absolute atomic E-state index is 6.46. The molecule has 0 radical (unpaired) electrons. The monoisotopic (exact) mass is 268 g/mol. The molecule has 3 aliphatic rings. The van der Waals surface area contributed by atoms with E-state index in [1.807, 2.05) is 0 Å². The van der Waals surface area contributed by atoms with Gasteiger partial charge in [0.2, 0.25) is 0 Å². The molecule has 2 aliphatic heterocycles. The Morgan fingerprint density at radius 3 is 2.79 bits per heavy atom. The molecule has 2 atom stereocenters. The molecule has 19 heavy (non-hydrogen) atoms. The second-order valence-corrected chi connectivity index (χ2v) is 6.48. The van der Waals surface area contributed by atoms with Gasteiger partial charge in [0.25, 0.3) is 0 Å². The zero-order chi connectivity index (χ0) is 13.1. The molecular formula is C15H28N2O2. The van der Waals surface area contributed by atoms with Gasteiger partial charge < -0.3 is 15.2 Å². The van der Waals surface area contributed by atoms with Gasteiger partial charge >= 0.3 is 0 Å². The topological polar surface area (TPSA) is 47.7 Å². The summed E-state index contributed by atoms with van der Waals surface area (Å²) in [5.74, 6) is 0. The van der Waals surface area contributed by atoms with E-state index in [9.17, 15) is 0 Å². The quantitative estimate of drug-likeness (QED) is 0.843. The maximum Gasteiger partial charge on any atom is 0.0710 e. The highest BCUT2D eigenvalue weighted by Gasteiger charge is 2.41. The first-order valence-corrected chi connectivity index (χ1v) is 8.01. The molecule has 0 aromatic rings. The van der Waals surface area contributed by atoms with Crippen LogP contribution >= 0.6 is 0 Å². The zero-order valence-corrected chi connectivity index (χ0v) is 12.0. The van der Waals surface area contributed by atoms with Crippen LogP contribution < -0.4 is 5.73 Å². The summed E-state index contributed by atoms with van der Waals surface area (Å²) in [5, 5.41) is 0. The minimum atomic E-state index is 0.243. The first-order chi connectivity index (χ1) is 9.31. The van der Waals surface area contributed by atoms with Crippen LogP contribution in [0.1, 0.15) is 44.9 Å². The third-order valence-corrected chi connectivity index (χ3v) is 5.16.